The molecule has 2 saturated heterocycles. The van der Waals surface area contributed by atoms with Crippen molar-refractivity contribution in [1.29, 1.82) is 0 Å². The van der Waals surface area contributed by atoms with Crippen molar-refractivity contribution in [2.24, 2.45) is 5.92 Å². The first-order valence-corrected chi connectivity index (χ1v) is 9.83. The summed E-state index contributed by atoms with van der Waals surface area (Å²) in [5.74, 6) is 0.180. The van der Waals surface area contributed by atoms with Crippen molar-refractivity contribution < 1.29 is 9.18 Å². The fourth-order valence-corrected chi connectivity index (χ4v) is 4.28. The summed E-state index contributed by atoms with van der Waals surface area (Å²) < 4.78 is 14.3. The third kappa shape index (κ3) is 4.13. The summed E-state index contributed by atoms with van der Waals surface area (Å²) in [6, 6.07) is 12.7. The molecular formula is C22H25FN4O. The number of amides is 1. The van der Waals surface area contributed by atoms with Gasteiger partial charge in [-0.25, -0.2) is 4.39 Å². The number of carbonyl (C=O) groups excluding carboxylic acids is 1. The van der Waals surface area contributed by atoms with Gasteiger partial charge in [0.15, 0.2) is 0 Å². The van der Waals surface area contributed by atoms with Gasteiger partial charge in [0, 0.05) is 43.9 Å². The molecule has 0 radical (unpaired) electrons. The minimum atomic E-state index is -0.162. The van der Waals surface area contributed by atoms with E-state index >= 15 is 0 Å². The highest BCUT2D eigenvalue weighted by Gasteiger charge is 2.38. The predicted octanol–water partition coefficient (Wildman–Crippen LogP) is 2.73. The molecule has 0 saturated carbocycles. The number of hydrogen-bond acceptors (Lipinski definition) is 4. The van der Waals surface area contributed by atoms with Crippen molar-refractivity contribution in [1.82, 2.24) is 20.7 Å². The summed E-state index contributed by atoms with van der Waals surface area (Å²) in [7, 11) is 0. The molecule has 6 heteroatoms. The first-order valence-electron chi connectivity index (χ1n) is 9.83. The molecule has 2 aliphatic rings. The van der Waals surface area contributed by atoms with Crippen LogP contribution in [0.15, 0.2) is 54.7 Å². The Hall–Kier alpha value is -2.57. The van der Waals surface area contributed by atoms with E-state index in [4.69, 9.17) is 0 Å². The molecule has 2 fully saturated rings. The lowest BCUT2D eigenvalue weighted by Crippen LogP contribution is -2.48. The van der Waals surface area contributed by atoms with Gasteiger partial charge in [-0.05, 0) is 48.6 Å². The zero-order chi connectivity index (χ0) is 19.3. The topological polar surface area (TPSA) is 57.3 Å². The number of aromatic nitrogens is 1. The second kappa shape index (κ2) is 8.63. The molecule has 2 N–H and O–H groups in total. The van der Waals surface area contributed by atoms with E-state index in [1.165, 1.54) is 6.07 Å². The number of carbonyl (C=O) groups is 1. The highest BCUT2D eigenvalue weighted by atomic mass is 19.1. The zero-order valence-electron chi connectivity index (χ0n) is 15.7. The lowest BCUT2D eigenvalue weighted by Gasteiger charge is -2.37. The van der Waals surface area contributed by atoms with Gasteiger partial charge in [-0.3, -0.25) is 20.6 Å². The lowest BCUT2D eigenvalue weighted by atomic mass is 9.81. The fourth-order valence-electron chi connectivity index (χ4n) is 4.28. The maximum atomic E-state index is 14.3. The van der Waals surface area contributed by atoms with E-state index in [0.29, 0.717) is 13.1 Å². The molecule has 1 aromatic carbocycles. The number of pyridine rings is 1. The van der Waals surface area contributed by atoms with E-state index in [2.05, 4.69) is 15.8 Å². The number of nitrogens with one attached hydrogen (secondary N) is 2. The first-order chi connectivity index (χ1) is 13.7. The van der Waals surface area contributed by atoms with Crippen molar-refractivity contribution >= 4 is 12.0 Å². The van der Waals surface area contributed by atoms with Crippen molar-refractivity contribution in [2.45, 2.75) is 24.8 Å². The van der Waals surface area contributed by atoms with Gasteiger partial charge in [-0.1, -0.05) is 24.3 Å². The molecule has 3 atom stereocenters. The van der Waals surface area contributed by atoms with E-state index in [1.807, 2.05) is 35.2 Å². The monoisotopic (exact) mass is 380 g/mol. The first kappa shape index (κ1) is 18.8. The van der Waals surface area contributed by atoms with Crippen LogP contribution in [-0.4, -0.2) is 41.5 Å². The molecule has 5 nitrogen and oxygen atoms in total. The van der Waals surface area contributed by atoms with Crippen LogP contribution in [0.2, 0.25) is 0 Å². The van der Waals surface area contributed by atoms with Crippen LogP contribution in [0, 0.1) is 11.7 Å². The predicted molar refractivity (Wildman–Crippen MR) is 107 cm³/mol. The molecule has 28 heavy (non-hydrogen) atoms. The summed E-state index contributed by atoms with van der Waals surface area (Å²) in [4.78, 5) is 18.8. The van der Waals surface area contributed by atoms with E-state index in [-0.39, 0.29) is 29.6 Å². The third-order valence-electron chi connectivity index (χ3n) is 5.69. The van der Waals surface area contributed by atoms with Crippen molar-refractivity contribution in [3.63, 3.8) is 0 Å². The molecule has 0 bridgehead atoms. The van der Waals surface area contributed by atoms with Crippen LogP contribution >= 0.6 is 0 Å². The molecule has 2 aliphatic heterocycles. The summed E-state index contributed by atoms with van der Waals surface area (Å²) in [5, 5.41) is 0. The van der Waals surface area contributed by atoms with Crippen molar-refractivity contribution in [2.75, 3.05) is 19.6 Å². The summed E-state index contributed by atoms with van der Waals surface area (Å²) in [6.45, 7) is 2.12. The lowest BCUT2D eigenvalue weighted by molar-refractivity contribution is -0.127. The van der Waals surface area contributed by atoms with Crippen LogP contribution in [0.4, 0.5) is 4.39 Å². The quantitative estimate of drug-likeness (QED) is 0.801. The van der Waals surface area contributed by atoms with Crippen LogP contribution < -0.4 is 10.9 Å². The fraction of sp³-hybridized carbons (Fsp3) is 0.364. The molecule has 146 valence electrons. The van der Waals surface area contributed by atoms with Gasteiger partial charge in [-0.15, -0.1) is 0 Å². The van der Waals surface area contributed by atoms with Crippen LogP contribution in [0.1, 0.15) is 30.0 Å². The van der Waals surface area contributed by atoms with Gasteiger partial charge in [0.1, 0.15) is 5.82 Å². The number of piperidine rings is 1. The Morgan fingerprint density at radius 2 is 2.07 bits per heavy atom. The second-order valence-electron chi connectivity index (χ2n) is 7.45. The van der Waals surface area contributed by atoms with Crippen molar-refractivity contribution in [3.8, 4) is 0 Å². The maximum absolute atomic E-state index is 14.3. The standard InChI is InChI=1S/C22H25FN4O/c23-20-9-2-1-8-18(20)19-14-25-26-22(19)16-6-5-13-27(15-16)21(28)11-10-17-7-3-4-12-24-17/h1-4,7-12,16,19,22,25-26H,5-6,13-15H2/b11-10+. The zero-order valence-corrected chi connectivity index (χ0v) is 15.7. The summed E-state index contributed by atoms with van der Waals surface area (Å²) in [5.41, 5.74) is 8.04. The van der Waals surface area contributed by atoms with Gasteiger partial charge in [0.05, 0.1) is 5.69 Å². The third-order valence-corrected chi connectivity index (χ3v) is 5.69. The number of nitrogens with zero attached hydrogens (tertiary/aromatic N) is 2. The number of hydrazine groups is 1. The normalized spacial score (nSPS) is 25.3. The number of halogens is 1. The summed E-state index contributed by atoms with van der Waals surface area (Å²) >= 11 is 0. The average Bonchev–Trinajstić information content (AvgIpc) is 3.23. The largest absolute Gasteiger partial charge is 0.339 e. The Balaban J connectivity index is 1.44. The SMILES string of the molecule is O=C(/C=C/c1ccccn1)N1CCCC(C2NNCC2c2ccccc2F)C1. The van der Waals surface area contributed by atoms with E-state index in [1.54, 1.807) is 24.4 Å². The van der Waals surface area contributed by atoms with Crippen molar-refractivity contribution in [3.05, 3.63) is 71.8 Å². The van der Waals surface area contributed by atoms with Crippen LogP contribution in [0.25, 0.3) is 6.08 Å². The van der Waals surface area contributed by atoms with E-state index < -0.39 is 0 Å². The molecule has 0 spiro atoms. The van der Waals surface area contributed by atoms with E-state index in [0.717, 1.165) is 30.6 Å². The Bertz CT molecular complexity index is 841. The van der Waals surface area contributed by atoms with Gasteiger partial charge < -0.3 is 4.90 Å². The van der Waals surface area contributed by atoms with Crippen LogP contribution in [-0.2, 0) is 4.79 Å². The maximum Gasteiger partial charge on any atom is 0.246 e. The number of likely N-dealkylation sites (tertiary alicyclic amines) is 1. The number of rotatable bonds is 4. The highest BCUT2D eigenvalue weighted by Crippen LogP contribution is 2.32. The molecule has 4 rings (SSSR count). The highest BCUT2D eigenvalue weighted by molar-refractivity contribution is 5.91. The summed E-state index contributed by atoms with van der Waals surface area (Å²) in [6.07, 6.45) is 7.04. The van der Waals surface area contributed by atoms with Gasteiger partial charge in [0.25, 0.3) is 0 Å². The van der Waals surface area contributed by atoms with E-state index in [9.17, 15) is 9.18 Å². The minimum absolute atomic E-state index is 0.00347. The molecule has 2 aromatic rings. The van der Waals surface area contributed by atoms with Gasteiger partial charge >= 0.3 is 0 Å². The van der Waals surface area contributed by atoms with Crippen LogP contribution in [0.3, 0.4) is 0 Å². The smallest absolute Gasteiger partial charge is 0.246 e. The Morgan fingerprint density at radius 3 is 2.89 bits per heavy atom. The number of benzene rings is 1. The van der Waals surface area contributed by atoms with Gasteiger partial charge in [-0.2, -0.15) is 0 Å². The Kier molecular flexibility index (Phi) is 5.78. The minimum Gasteiger partial charge on any atom is -0.339 e. The molecule has 1 amide bonds. The average molecular weight is 380 g/mol. The molecule has 1 aromatic heterocycles. The molecule has 3 heterocycles. The molecular weight excluding hydrogens is 355 g/mol. The Morgan fingerprint density at radius 1 is 1.21 bits per heavy atom. The second-order valence-corrected chi connectivity index (χ2v) is 7.45. The van der Waals surface area contributed by atoms with Gasteiger partial charge in [0.2, 0.25) is 5.91 Å². The molecule has 3 unspecified atom stereocenters. The molecule has 0 aliphatic carbocycles. The number of hydrogen-bond donors (Lipinski definition) is 2. The Labute approximate surface area is 164 Å². The van der Waals surface area contributed by atoms with Crippen LogP contribution in [0.5, 0.6) is 0 Å².